The fraction of sp³-hybridized carbons (Fsp3) is 0.658. The van der Waals surface area contributed by atoms with Crippen molar-refractivity contribution in [3.05, 3.63) is 70.5 Å². The van der Waals surface area contributed by atoms with Gasteiger partial charge in [-0.1, -0.05) is 88.6 Å². The summed E-state index contributed by atoms with van der Waals surface area (Å²) in [5.41, 5.74) is 5.07. The Morgan fingerprint density at radius 2 is 1.76 bits per heavy atom. The molecule has 2 aliphatic rings. The van der Waals surface area contributed by atoms with E-state index in [4.69, 9.17) is 4.74 Å². The van der Waals surface area contributed by atoms with E-state index in [1.165, 1.54) is 16.7 Å². The summed E-state index contributed by atoms with van der Waals surface area (Å²) in [7, 11) is 1.75. The van der Waals surface area contributed by atoms with Crippen molar-refractivity contribution in [2.45, 2.75) is 125 Å². The number of rotatable bonds is 17. The Balaban J connectivity index is 1.95. The molecule has 1 fully saturated rings. The molecular weight excluding hydrogens is 520 g/mol. The molecule has 6 atom stereocenters. The van der Waals surface area contributed by atoms with Gasteiger partial charge in [-0.2, -0.15) is 0 Å². The second-order valence-electron chi connectivity index (χ2n) is 13.7. The molecule has 2 aliphatic carbocycles. The van der Waals surface area contributed by atoms with E-state index in [0.717, 1.165) is 56.3 Å². The monoisotopic (exact) mass is 578 g/mol. The number of benzene rings is 1. The van der Waals surface area contributed by atoms with E-state index >= 15 is 0 Å². The van der Waals surface area contributed by atoms with Crippen molar-refractivity contribution in [3.63, 3.8) is 0 Å². The van der Waals surface area contributed by atoms with Crippen LogP contribution in [0.15, 0.2) is 65.0 Å². The molecule has 1 saturated carbocycles. The second kappa shape index (κ2) is 15.0. The summed E-state index contributed by atoms with van der Waals surface area (Å²) in [6, 6.07) is 10.8. The van der Waals surface area contributed by atoms with E-state index in [0.29, 0.717) is 25.2 Å². The number of methoxy groups -OCH3 is 1. The normalized spacial score (nSPS) is 26.6. The Morgan fingerprint density at radius 1 is 1.07 bits per heavy atom. The maximum atomic E-state index is 14.1. The fourth-order valence-corrected chi connectivity index (χ4v) is 8.05. The van der Waals surface area contributed by atoms with Crippen LogP contribution in [0.3, 0.4) is 0 Å². The standard InChI is InChI=1S/C38H58O4/c1-9-34(40)32(17-13-14-27(4)39)24-35(41)36(26(2)3)28(5)37(7)29(6)38(37,23-22-30-15-11-10-12-16-30)25-31-18-20-33(42-8)21-19-31/h10-12,15-16,18,20,26-27,29,32,34,39-40H,9,13-14,17,19,21-25H2,1-8H3. The number of Topliss-reactive ketones (excluding diaryl/α,β-unsaturated/α-hetero) is 1. The van der Waals surface area contributed by atoms with Gasteiger partial charge in [-0.05, 0) is 105 Å². The number of carbonyl (C=O) groups excluding carboxylic acids is 1. The molecule has 1 aromatic rings. The highest BCUT2D eigenvalue weighted by molar-refractivity contribution is 5.97. The van der Waals surface area contributed by atoms with Gasteiger partial charge in [0.15, 0.2) is 5.78 Å². The Bertz CT molecular complexity index is 1130. The summed E-state index contributed by atoms with van der Waals surface area (Å²) in [4.78, 5) is 14.1. The van der Waals surface area contributed by atoms with E-state index < -0.39 is 6.10 Å². The number of aryl methyl sites for hydroxylation is 1. The Morgan fingerprint density at radius 3 is 2.31 bits per heavy atom. The van der Waals surface area contributed by atoms with Gasteiger partial charge in [0.05, 0.1) is 25.1 Å². The van der Waals surface area contributed by atoms with Crippen LogP contribution in [0.25, 0.3) is 0 Å². The number of ether oxygens (including phenoxy) is 1. The van der Waals surface area contributed by atoms with Crippen LogP contribution in [0, 0.1) is 28.6 Å². The average molecular weight is 579 g/mol. The minimum atomic E-state index is -0.500. The maximum Gasteiger partial charge on any atom is 0.159 e. The lowest BCUT2D eigenvalue weighted by Crippen LogP contribution is -2.26. The molecule has 4 nitrogen and oxygen atoms in total. The number of ketones is 1. The molecule has 0 heterocycles. The summed E-state index contributed by atoms with van der Waals surface area (Å²) in [6.45, 7) is 15.1. The molecule has 0 amide bonds. The topological polar surface area (TPSA) is 66.8 Å². The molecule has 0 radical (unpaired) electrons. The molecule has 0 bridgehead atoms. The zero-order valence-electron chi connectivity index (χ0n) is 27.7. The molecule has 1 aromatic carbocycles. The molecule has 0 aliphatic heterocycles. The van der Waals surface area contributed by atoms with E-state index in [1.807, 2.05) is 6.92 Å². The Labute approximate surface area is 256 Å². The van der Waals surface area contributed by atoms with Crippen LogP contribution in [0.1, 0.15) is 112 Å². The number of hydrogen-bond donors (Lipinski definition) is 2. The van der Waals surface area contributed by atoms with Gasteiger partial charge >= 0.3 is 0 Å². The van der Waals surface area contributed by atoms with Gasteiger partial charge in [-0.25, -0.2) is 0 Å². The lowest BCUT2D eigenvalue weighted by Gasteiger charge is -2.29. The lowest BCUT2D eigenvalue weighted by molar-refractivity contribution is -0.118. The maximum absolute atomic E-state index is 14.1. The number of aliphatic hydroxyl groups is 2. The van der Waals surface area contributed by atoms with E-state index in [9.17, 15) is 15.0 Å². The van der Waals surface area contributed by atoms with Crippen LogP contribution in [0.5, 0.6) is 0 Å². The predicted octanol–water partition coefficient (Wildman–Crippen LogP) is 8.77. The number of allylic oxidation sites excluding steroid dienone is 6. The molecule has 234 valence electrons. The molecule has 6 unspecified atom stereocenters. The lowest BCUT2D eigenvalue weighted by atomic mass is 9.75. The summed E-state index contributed by atoms with van der Waals surface area (Å²) in [6.07, 6.45) is 12.0. The third kappa shape index (κ3) is 7.66. The first-order chi connectivity index (χ1) is 19.9. The highest BCUT2D eigenvalue weighted by Crippen LogP contribution is 2.77. The van der Waals surface area contributed by atoms with Crippen molar-refractivity contribution < 1.29 is 19.7 Å². The van der Waals surface area contributed by atoms with Crippen LogP contribution >= 0.6 is 0 Å². The number of carbonyl (C=O) groups is 1. The largest absolute Gasteiger partial charge is 0.501 e. The van der Waals surface area contributed by atoms with Crippen LogP contribution in [0.2, 0.25) is 0 Å². The third-order valence-electron chi connectivity index (χ3n) is 11.0. The quantitative estimate of drug-likeness (QED) is 0.181. The minimum Gasteiger partial charge on any atom is -0.501 e. The first-order valence-electron chi connectivity index (χ1n) is 16.5. The first kappa shape index (κ1) is 34.3. The van der Waals surface area contributed by atoms with E-state index in [-0.39, 0.29) is 34.6 Å². The van der Waals surface area contributed by atoms with Crippen molar-refractivity contribution in [2.24, 2.45) is 28.6 Å². The molecule has 0 saturated heterocycles. The molecule has 0 aromatic heterocycles. The number of aliphatic hydroxyl groups excluding tert-OH is 2. The second-order valence-corrected chi connectivity index (χ2v) is 13.7. The summed E-state index contributed by atoms with van der Waals surface area (Å²) >= 11 is 0. The highest BCUT2D eigenvalue weighted by Gasteiger charge is 2.71. The zero-order chi connectivity index (χ0) is 31.1. The fourth-order valence-electron chi connectivity index (χ4n) is 8.05. The van der Waals surface area contributed by atoms with Crippen molar-refractivity contribution in [1.82, 2.24) is 0 Å². The molecule has 4 heteroatoms. The molecule has 42 heavy (non-hydrogen) atoms. The average Bonchev–Trinajstić information content (AvgIpc) is 3.44. The van der Waals surface area contributed by atoms with Gasteiger partial charge in [-0.15, -0.1) is 0 Å². The van der Waals surface area contributed by atoms with Crippen LogP contribution in [0.4, 0.5) is 0 Å². The van der Waals surface area contributed by atoms with Gasteiger partial charge < -0.3 is 14.9 Å². The summed E-state index contributed by atoms with van der Waals surface area (Å²) < 4.78 is 5.51. The smallest absolute Gasteiger partial charge is 0.159 e. The van der Waals surface area contributed by atoms with Gasteiger partial charge in [0.2, 0.25) is 0 Å². The van der Waals surface area contributed by atoms with E-state index in [1.54, 1.807) is 14.0 Å². The van der Waals surface area contributed by atoms with Gasteiger partial charge in [0.1, 0.15) is 0 Å². The SMILES string of the molecule is CCC(O)C(CCCC(C)O)CC(=O)C(=C(C)C1(C)C(C)C1(CCc1ccccc1)CC1=CC=C(OC)CC1)C(C)C. The van der Waals surface area contributed by atoms with Gasteiger partial charge in [0, 0.05) is 12.8 Å². The van der Waals surface area contributed by atoms with Crippen LogP contribution < -0.4 is 0 Å². The zero-order valence-corrected chi connectivity index (χ0v) is 27.7. The van der Waals surface area contributed by atoms with E-state index in [2.05, 4.69) is 77.1 Å². The summed E-state index contributed by atoms with van der Waals surface area (Å²) in [5, 5.41) is 20.6. The summed E-state index contributed by atoms with van der Waals surface area (Å²) in [5.74, 6) is 1.73. The highest BCUT2D eigenvalue weighted by atomic mass is 16.5. The Hall–Kier alpha value is -2.17. The Kier molecular flexibility index (Phi) is 12.3. The van der Waals surface area contributed by atoms with Crippen molar-refractivity contribution in [1.29, 1.82) is 0 Å². The molecular formula is C38H58O4. The van der Waals surface area contributed by atoms with Crippen LogP contribution in [-0.4, -0.2) is 35.3 Å². The van der Waals surface area contributed by atoms with Crippen molar-refractivity contribution in [2.75, 3.05) is 7.11 Å². The van der Waals surface area contributed by atoms with Crippen molar-refractivity contribution in [3.8, 4) is 0 Å². The molecule has 2 N–H and O–H groups in total. The minimum absolute atomic E-state index is 0.0751. The molecule has 0 spiro atoms. The third-order valence-corrected chi connectivity index (χ3v) is 11.0. The predicted molar refractivity (Wildman–Crippen MR) is 174 cm³/mol. The molecule has 3 rings (SSSR count). The van der Waals surface area contributed by atoms with Crippen molar-refractivity contribution >= 4 is 5.78 Å². The van der Waals surface area contributed by atoms with Gasteiger partial charge in [-0.3, -0.25) is 4.79 Å². The van der Waals surface area contributed by atoms with Gasteiger partial charge in [0.25, 0.3) is 0 Å². The number of hydrogen-bond acceptors (Lipinski definition) is 4. The first-order valence-corrected chi connectivity index (χ1v) is 16.5. The van der Waals surface area contributed by atoms with Crippen LogP contribution in [-0.2, 0) is 16.0 Å².